The molecule has 2 rings (SSSR count). The highest BCUT2D eigenvalue weighted by atomic mass is 16.5. The number of carbonyl (C=O) groups excluding carboxylic acids is 1. The number of carbonyl (C=O) groups is 1. The summed E-state index contributed by atoms with van der Waals surface area (Å²) < 4.78 is 5.89. The molecule has 1 spiro atoms. The topological polar surface area (TPSA) is 50.4 Å². The van der Waals surface area contributed by atoms with Gasteiger partial charge in [-0.25, -0.2) is 0 Å². The predicted molar refractivity (Wildman–Crippen MR) is 71.4 cm³/mol. The van der Waals surface area contributed by atoms with E-state index in [1.807, 2.05) is 0 Å². The van der Waals surface area contributed by atoms with Gasteiger partial charge in [-0.2, -0.15) is 0 Å². The van der Waals surface area contributed by atoms with Crippen LogP contribution in [0.4, 0.5) is 0 Å². The highest BCUT2D eigenvalue weighted by Crippen LogP contribution is 2.53. The first kappa shape index (κ1) is 13.8. The van der Waals surface area contributed by atoms with Gasteiger partial charge in [-0.15, -0.1) is 0 Å². The summed E-state index contributed by atoms with van der Waals surface area (Å²) in [7, 11) is 1.68. The third-order valence-electron chi connectivity index (χ3n) is 4.73. The van der Waals surface area contributed by atoms with E-state index < -0.39 is 0 Å². The fraction of sp³-hybridized carbons (Fsp3) is 0.929. The molecule has 4 nitrogen and oxygen atoms in total. The lowest BCUT2D eigenvalue weighted by molar-refractivity contribution is -0.151. The molecule has 104 valence electrons. The van der Waals surface area contributed by atoms with E-state index in [1.165, 1.54) is 32.1 Å². The van der Waals surface area contributed by atoms with Crippen molar-refractivity contribution in [1.29, 1.82) is 0 Å². The first-order chi connectivity index (χ1) is 8.73. The minimum Gasteiger partial charge on any atom is -0.378 e. The van der Waals surface area contributed by atoms with Crippen LogP contribution in [0.1, 0.15) is 45.4 Å². The van der Waals surface area contributed by atoms with Crippen LogP contribution in [-0.2, 0) is 9.53 Å². The van der Waals surface area contributed by atoms with Crippen molar-refractivity contribution in [2.45, 2.75) is 57.6 Å². The van der Waals surface area contributed by atoms with E-state index in [1.54, 1.807) is 7.05 Å². The Morgan fingerprint density at radius 1 is 1.33 bits per heavy atom. The van der Waals surface area contributed by atoms with E-state index >= 15 is 0 Å². The van der Waals surface area contributed by atoms with E-state index in [2.05, 4.69) is 17.6 Å². The Morgan fingerprint density at radius 3 is 2.67 bits per heavy atom. The van der Waals surface area contributed by atoms with Crippen LogP contribution in [0.3, 0.4) is 0 Å². The smallest absolute Gasteiger partial charge is 0.233 e. The number of nitrogens with one attached hydrogen (secondary N) is 2. The molecule has 2 saturated carbocycles. The van der Waals surface area contributed by atoms with Crippen LogP contribution in [0, 0.1) is 5.41 Å². The summed E-state index contributed by atoms with van der Waals surface area (Å²) in [5, 5.41) is 6.09. The zero-order valence-corrected chi connectivity index (χ0v) is 11.6. The number of ether oxygens (including phenoxy) is 1. The normalized spacial score (nSPS) is 29.9. The minimum absolute atomic E-state index is 0.0702. The third kappa shape index (κ3) is 2.54. The molecule has 18 heavy (non-hydrogen) atoms. The minimum atomic E-state index is 0.0702. The van der Waals surface area contributed by atoms with E-state index in [4.69, 9.17) is 4.74 Å². The Hall–Kier alpha value is -0.610. The molecule has 0 aromatic rings. The second-order valence-corrected chi connectivity index (χ2v) is 5.58. The Bertz CT molecular complexity index is 288. The summed E-state index contributed by atoms with van der Waals surface area (Å²) in [6.45, 7) is 3.30. The lowest BCUT2D eigenvalue weighted by Crippen LogP contribution is -2.65. The van der Waals surface area contributed by atoms with Crippen LogP contribution in [0.15, 0.2) is 0 Å². The zero-order valence-electron chi connectivity index (χ0n) is 11.6. The molecule has 0 aromatic carbocycles. The van der Waals surface area contributed by atoms with Gasteiger partial charge in [0.25, 0.3) is 0 Å². The van der Waals surface area contributed by atoms with Crippen LogP contribution in [0.5, 0.6) is 0 Å². The monoisotopic (exact) mass is 254 g/mol. The van der Waals surface area contributed by atoms with Crippen molar-refractivity contribution in [1.82, 2.24) is 10.6 Å². The van der Waals surface area contributed by atoms with E-state index in [9.17, 15) is 4.79 Å². The van der Waals surface area contributed by atoms with Gasteiger partial charge >= 0.3 is 0 Å². The molecule has 0 radical (unpaired) electrons. The number of rotatable bonds is 5. The quantitative estimate of drug-likeness (QED) is 0.781. The van der Waals surface area contributed by atoms with Gasteiger partial charge < -0.3 is 15.4 Å². The average Bonchev–Trinajstić information content (AvgIpc) is 2.42. The number of hydrogen-bond donors (Lipinski definition) is 2. The van der Waals surface area contributed by atoms with Gasteiger partial charge in [-0.1, -0.05) is 19.3 Å². The largest absolute Gasteiger partial charge is 0.378 e. The second-order valence-electron chi connectivity index (χ2n) is 5.58. The molecule has 0 heterocycles. The van der Waals surface area contributed by atoms with Crippen molar-refractivity contribution >= 4 is 5.91 Å². The Balaban J connectivity index is 1.92. The summed E-state index contributed by atoms with van der Waals surface area (Å²) in [5.74, 6) is 0.0702. The third-order valence-corrected chi connectivity index (χ3v) is 4.73. The summed E-state index contributed by atoms with van der Waals surface area (Å²) in [6.07, 6.45) is 7.94. The average molecular weight is 254 g/mol. The maximum atomic E-state index is 11.3. The number of hydrogen-bond acceptors (Lipinski definition) is 3. The summed E-state index contributed by atoms with van der Waals surface area (Å²) in [6, 6.07) is 0.464. The van der Waals surface area contributed by atoms with Gasteiger partial charge in [0.1, 0.15) is 0 Å². The van der Waals surface area contributed by atoms with Gasteiger partial charge in [0, 0.05) is 25.1 Å². The van der Waals surface area contributed by atoms with Crippen molar-refractivity contribution in [3.63, 3.8) is 0 Å². The molecule has 2 N–H and O–H groups in total. The van der Waals surface area contributed by atoms with Crippen molar-refractivity contribution in [3.05, 3.63) is 0 Å². The van der Waals surface area contributed by atoms with Gasteiger partial charge in [0.05, 0.1) is 12.6 Å². The second kappa shape index (κ2) is 6.02. The lowest BCUT2D eigenvalue weighted by Gasteiger charge is -2.58. The fourth-order valence-corrected chi connectivity index (χ4v) is 3.65. The first-order valence-electron chi connectivity index (χ1n) is 7.28. The van der Waals surface area contributed by atoms with Gasteiger partial charge in [-0.3, -0.25) is 4.79 Å². The molecule has 0 saturated heterocycles. The molecular formula is C14H26N2O2. The van der Waals surface area contributed by atoms with Crippen LogP contribution >= 0.6 is 0 Å². The van der Waals surface area contributed by atoms with Gasteiger partial charge in [-0.05, 0) is 26.2 Å². The summed E-state index contributed by atoms with van der Waals surface area (Å²) in [4.78, 5) is 11.3. The van der Waals surface area contributed by atoms with Crippen LogP contribution < -0.4 is 10.6 Å². The predicted octanol–water partition coefficient (Wildman–Crippen LogP) is 1.45. The number of amides is 1. The number of likely N-dealkylation sites (N-methyl/N-ethyl adjacent to an activating group) is 1. The maximum absolute atomic E-state index is 11.3. The van der Waals surface area contributed by atoms with E-state index in [-0.39, 0.29) is 5.91 Å². The van der Waals surface area contributed by atoms with Crippen LogP contribution in [-0.4, -0.2) is 38.3 Å². The first-order valence-corrected chi connectivity index (χ1v) is 7.28. The van der Waals surface area contributed by atoms with Crippen molar-refractivity contribution in [2.75, 3.05) is 20.2 Å². The molecule has 2 aliphatic rings. The standard InChI is InChI=1S/C14H26N2O2/c1-3-18-12-9-11(16-10-13(17)15-2)14(12)7-5-4-6-8-14/h11-12,16H,3-10H2,1-2H3,(H,15,17). The molecule has 4 heteroatoms. The molecule has 0 bridgehead atoms. The van der Waals surface area contributed by atoms with Crippen LogP contribution in [0.25, 0.3) is 0 Å². The highest BCUT2D eigenvalue weighted by molar-refractivity contribution is 5.77. The molecular weight excluding hydrogens is 228 g/mol. The molecule has 2 atom stereocenters. The Kier molecular flexibility index (Phi) is 4.62. The van der Waals surface area contributed by atoms with E-state index in [0.717, 1.165) is 13.0 Å². The Morgan fingerprint density at radius 2 is 2.06 bits per heavy atom. The van der Waals surface area contributed by atoms with Crippen molar-refractivity contribution in [2.24, 2.45) is 5.41 Å². The molecule has 1 amide bonds. The van der Waals surface area contributed by atoms with Gasteiger partial charge in [0.2, 0.25) is 5.91 Å². The highest BCUT2D eigenvalue weighted by Gasteiger charge is 2.55. The molecule has 2 unspecified atom stereocenters. The fourth-order valence-electron chi connectivity index (χ4n) is 3.65. The molecule has 2 aliphatic carbocycles. The molecule has 0 aromatic heterocycles. The summed E-state index contributed by atoms with van der Waals surface area (Å²) in [5.41, 5.74) is 0.308. The summed E-state index contributed by atoms with van der Waals surface area (Å²) >= 11 is 0. The van der Waals surface area contributed by atoms with Gasteiger partial charge in [0.15, 0.2) is 0 Å². The van der Waals surface area contributed by atoms with Crippen molar-refractivity contribution in [3.8, 4) is 0 Å². The zero-order chi connectivity index (χ0) is 13.0. The maximum Gasteiger partial charge on any atom is 0.233 e. The van der Waals surface area contributed by atoms with E-state index in [0.29, 0.717) is 24.1 Å². The molecule has 0 aliphatic heterocycles. The molecule has 2 fully saturated rings. The van der Waals surface area contributed by atoms with Crippen molar-refractivity contribution < 1.29 is 9.53 Å². The SMILES string of the molecule is CCOC1CC(NCC(=O)NC)C12CCCCC2. The Labute approximate surface area is 110 Å². The lowest BCUT2D eigenvalue weighted by atomic mass is 9.55. The van der Waals surface area contributed by atoms with Crippen LogP contribution in [0.2, 0.25) is 0 Å².